The summed E-state index contributed by atoms with van der Waals surface area (Å²) >= 11 is 0. The van der Waals surface area contributed by atoms with Crippen LogP contribution in [0.25, 0.3) is 0 Å². The van der Waals surface area contributed by atoms with Gasteiger partial charge in [0.1, 0.15) is 5.75 Å². The highest BCUT2D eigenvalue weighted by atomic mass is 16.5. The average molecular weight is 367 g/mol. The summed E-state index contributed by atoms with van der Waals surface area (Å²) in [4.78, 5) is 16.9. The summed E-state index contributed by atoms with van der Waals surface area (Å²) in [6.07, 6.45) is 0. The van der Waals surface area contributed by atoms with Crippen molar-refractivity contribution < 1.29 is 9.53 Å². The zero-order valence-corrected chi connectivity index (χ0v) is 16.5. The Morgan fingerprint density at radius 1 is 1.04 bits per heavy atom. The van der Waals surface area contributed by atoms with E-state index in [0.717, 1.165) is 37.6 Å². The van der Waals surface area contributed by atoms with Crippen LogP contribution in [-0.2, 0) is 4.79 Å². The number of benzene rings is 2. The molecule has 144 valence electrons. The van der Waals surface area contributed by atoms with E-state index in [-0.39, 0.29) is 5.91 Å². The van der Waals surface area contributed by atoms with Crippen molar-refractivity contribution in [1.29, 1.82) is 0 Å². The number of nitrogens with zero attached hydrogens (tertiary/aromatic N) is 2. The van der Waals surface area contributed by atoms with Crippen LogP contribution in [0.4, 0.5) is 11.4 Å². The van der Waals surface area contributed by atoms with Crippen LogP contribution in [-0.4, -0.2) is 50.1 Å². The molecule has 27 heavy (non-hydrogen) atoms. The van der Waals surface area contributed by atoms with E-state index < -0.39 is 0 Å². The number of carbonyl (C=O) groups excluding carboxylic acids is 1. The van der Waals surface area contributed by atoms with E-state index in [1.54, 1.807) is 0 Å². The maximum absolute atomic E-state index is 12.5. The van der Waals surface area contributed by atoms with Gasteiger partial charge in [-0.25, -0.2) is 0 Å². The lowest BCUT2D eigenvalue weighted by molar-refractivity contribution is -0.129. The quantitative estimate of drug-likeness (QED) is 0.849. The number of hydrogen-bond acceptors (Lipinski definition) is 4. The SMILES string of the molecule is CCOc1ccc(NCC(=O)N2CCN(c3cccc(C)c3C)CC2)cc1. The third-order valence-corrected chi connectivity index (χ3v) is 5.16. The van der Waals surface area contributed by atoms with Crippen LogP contribution in [0.15, 0.2) is 42.5 Å². The number of aryl methyl sites for hydroxylation is 1. The van der Waals surface area contributed by atoms with Crippen molar-refractivity contribution >= 4 is 17.3 Å². The molecule has 0 spiro atoms. The molecule has 0 aliphatic carbocycles. The Bertz CT molecular complexity index is 766. The molecular weight excluding hydrogens is 338 g/mol. The molecule has 3 rings (SSSR count). The van der Waals surface area contributed by atoms with Crippen molar-refractivity contribution in [2.45, 2.75) is 20.8 Å². The Morgan fingerprint density at radius 2 is 1.74 bits per heavy atom. The summed E-state index contributed by atoms with van der Waals surface area (Å²) in [5.41, 5.74) is 4.86. The Labute approximate surface area is 161 Å². The van der Waals surface area contributed by atoms with Crippen LogP contribution >= 0.6 is 0 Å². The first-order chi connectivity index (χ1) is 13.1. The summed E-state index contributed by atoms with van der Waals surface area (Å²) in [6, 6.07) is 14.1. The third-order valence-electron chi connectivity index (χ3n) is 5.16. The first kappa shape index (κ1) is 19.1. The Kier molecular flexibility index (Phi) is 6.22. The predicted octanol–water partition coefficient (Wildman–Crippen LogP) is 3.46. The number of nitrogens with one attached hydrogen (secondary N) is 1. The number of amides is 1. The van der Waals surface area contributed by atoms with Gasteiger partial charge in [-0.1, -0.05) is 12.1 Å². The van der Waals surface area contributed by atoms with Crippen molar-refractivity contribution in [3.63, 3.8) is 0 Å². The number of carbonyl (C=O) groups is 1. The molecule has 0 aromatic heterocycles. The maximum atomic E-state index is 12.5. The van der Waals surface area contributed by atoms with E-state index in [1.807, 2.05) is 36.1 Å². The molecule has 1 heterocycles. The molecule has 0 unspecified atom stereocenters. The Morgan fingerprint density at radius 3 is 2.41 bits per heavy atom. The Balaban J connectivity index is 1.49. The van der Waals surface area contributed by atoms with Gasteiger partial charge in [-0.05, 0) is 62.2 Å². The van der Waals surface area contributed by atoms with Gasteiger partial charge in [0.05, 0.1) is 13.2 Å². The van der Waals surface area contributed by atoms with Gasteiger partial charge in [0.15, 0.2) is 0 Å². The molecule has 0 radical (unpaired) electrons. The summed E-state index contributed by atoms with van der Waals surface area (Å²) in [7, 11) is 0. The molecule has 2 aromatic rings. The molecule has 1 saturated heterocycles. The smallest absolute Gasteiger partial charge is 0.241 e. The zero-order valence-electron chi connectivity index (χ0n) is 16.5. The Hall–Kier alpha value is -2.69. The monoisotopic (exact) mass is 367 g/mol. The summed E-state index contributed by atoms with van der Waals surface area (Å²) in [5, 5.41) is 3.21. The highest BCUT2D eigenvalue weighted by molar-refractivity contribution is 5.81. The molecule has 2 aromatic carbocycles. The van der Waals surface area contributed by atoms with Crippen molar-refractivity contribution in [3.05, 3.63) is 53.6 Å². The van der Waals surface area contributed by atoms with Crippen LogP contribution in [0.5, 0.6) is 5.75 Å². The normalized spacial score (nSPS) is 14.2. The fraction of sp³-hybridized carbons (Fsp3) is 0.409. The summed E-state index contributed by atoms with van der Waals surface area (Å²) in [6.45, 7) is 10.5. The van der Waals surface area contributed by atoms with Gasteiger partial charge in [-0.2, -0.15) is 0 Å². The van der Waals surface area contributed by atoms with E-state index in [0.29, 0.717) is 13.2 Å². The number of piperazine rings is 1. The summed E-state index contributed by atoms with van der Waals surface area (Å²) < 4.78 is 5.44. The second-order valence-corrected chi connectivity index (χ2v) is 6.90. The fourth-order valence-corrected chi connectivity index (χ4v) is 3.40. The first-order valence-corrected chi connectivity index (χ1v) is 9.64. The first-order valence-electron chi connectivity index (χ1n) is 9.64. The minimum atomic E-state index is 0.143. The molecule has 0 bridgehead atoms. The number of anilines is 2. The van der Waals surface area contributed by atoms with Crippen LogP contribution < -0.4 is 15.0 Å². The van der Waals surface area contributed by atoms with E-state index >= 15 is 0 Å². The van der Waals surface area contributed by atoms with Crippen molar-refractivity contribution in [2.24, 2.45) is 0 Å². The maximum Gasteiger partial charge on any atom is 0.241 e. The lowest BCUT2D eigenvalue weighted by Gasteiger charge is -2.37. The highest BCUT2D eigenvalue weighted by Crippen LogP contribution is 2.24. The zero-order chi connectivity index (χ0) is 19.2. The molecule has 1 aliphatic rings. The standard InChI is InChI=1S/C22H29N3O2/c1-4-27-20-10-8-19(9-11-20)23-16-22(26)25-14-12-24(13-15-25)21-7-5-6-17(2)18(21)3/h5-11,23H,4,12-16H2,1-3H3. The van der Waals surface area contributed by atoms with E-state index in [4.69, 9.17) is 4.74 Å². The lowest BCUT2D eigenvalue weighted by atomic mass is 10.1. The molecule has 0 saturated carbocycles. The van der Waals surface area contributed by atoms with E-state index in [2.05, 4.69) is 42.3 Å². The van der Waals surface area contributed by atoms with Gasteiger partial charge in [0.25, 0.3) is 0 Å². The minimum Gasteiger partial charge on any atom is -0.494 e. The predicted molar refractivity (Wildman–Crippen MR) is 111 cm³/mol. The fourth-order valence-electron chi connectivity index (χ4n) is 3.40. The second kappa shape index (κ2) is 8.80. The molecule has 1 aliphatic heterocycles. The van der Waals surface area contributed by atoms with Crippen LogP contribution in [0.2, 0.25) is 0 Å². The molecule has 1 fully saturated rings. The van der Waals surface area contributed by atoms with Gasteiger partial charge in [0.2, 0.25) is 5.91 Å². The van der Waals surface area contributed by atoms with Gasteiger partial charge in [-0.15, -0.1) is 0 Å². The molecule has 1 N–H and O–H groups in total. The number of ether oxygens (including phenoxy) is 1. The van der Waals surface area contributed by atoms with Crippen LogP contribution in [0, 0.1) is 13.8 Å². The molecule has 5 nitrogen and oxygen atoms in total. The summed E-state index contributed by atoms with van der Waals surface area (Å²) in [5.74, 6) is 0.987. The number of hydrogen-bond donors (Lipinski definition) is 1. The topological polar surface area (TPSA) is 44.8 Å². The highest BCUT2D eigenvalue weighted by Gasteiger charge is 2.22. The second-order valence-electron chi connectivity index (χ2n) is 6.90. The van der Waals surface area contributed by atoms with Gasteiger partial charge < -0.3 is 19.9 Å². The van der Waals surface area contributed by atoms with Crippen LogP contribution in [0.3, 0.4) is 0 Å². The van der Waals surface area contributed by atoms with Gasteiger partial charge in [-0.3, -0.25) is 4.79 Å². The third kappa shape index (κ3) is 4.73. The molecule has 1 amide bonds. The largest absolute Gasteiger partial charge is 0.494 e. The number of rotatable bonds is 6. The minimum absolute atomic E-state index is 0.143. The molecule has 5 heteroatoms. The van der Waals surface area contributed by atoms with Gasteiger partial charge in [0, 0.05) is 37.6 Å². The average Bonchev–Trinajstić information content (AvgIpc) is 2.70. The van der Waals surface area contributed by atoms with Gasteiger partial charge >= 0.3 is 0 Å². The van der Waals surface area contributed by atoms with Crippen molar-refractivity contribution in [2.75, 3.05) is 49.5 Å². The van der Waals surface area contributed by atoms with E-state index in [9.17, 15) is 4.79 Å². The van der Waals surface area contributed by atoms with Crippen molar-refractivity contribution in [3.8, 4) is 5.75 Å². The van der Waals surface area contributed by atoms with Crippen LogP contribution in [0.1, 0.15) is 18.1 Å². The molecule has 0 atom stereocenters. The molecular formula is C22H29N3O2. The van der Waals surface area contributed by atoms with Crippen molar-refractivity contribution in [1.82, 2.24) is 4.90 Å². The van der Waals surface area contributed by atoms with E-state index in [1.165, 1.54) is 16.8 Å². The lowest BCUT2D eigenvalue weighted by Crippen LogP contribution is -2.50.